The number of alkyl halides is 1. The number of esters is 2. The van der Waals surface area contributed by atoms with E-state index in [1.807, 2.05) is 78.9 Å². The van der Waals surface area contributed by atoms with Gasteiger partial charge in [0, 0.05) is 67.6 Å². The summed E-state index contributed by atoms with van der Waals surface area (Å²) < 4.78 is 11.2. The fourth-order valence-electron chi connectivity index (χ4n) is 7.63. The highest BCUT2D eigenvalue weighted by molar-refractivity contribution is 6.19. The number of nitrogens with zero attached hydrogens (tertiary/aromatic N) is 2. The highest BCUT2D eigenvalue weighted by Gasteiger charge is 2.36. The molecule has 0 spiro atoms. The van der Waals surface area contributed by atoms with Crippen LogP contribution in [0.5, 0.6) is 11.5 Å². The Hall–Kier alpha value is -5.21. The molecule has 5 aromatic rings. The van der Waals surface area contributed by atoms with Gasteiger partial charge in [0.15, 0.2) is 0 Å². The fraction of sp³-hybridized carbons (Fsp3) is 0.268. The van der Waals surface area contributed by atoms with E-state index in [0.717, 1.165) is 55.9 Å². The standard InChI is InChI=1S/C41H37ClN2O6/c1-4-28-22-43(34-19-36(49-24(2)45)30-12-5-7-14-32(30)40(28)34)38(47)17-26-10-9-11-27(16-26)18-39(48)44-23-29(21-42)41-33-15-8-6-13-31(33)37(20-35(41)44)50-25(3)46/h5-16,19-20,28-29H,4,17-18,21-23H2,1-3H3. The Balaban J connectivity index is 1.14. The minimum atomic E-state index is -0.438. The molecule has 2 atom stereocenters. The zero-order valence-electron chi connectivity index (χ0n) is 28.2. The molecule has 0 radical (unpaired) electrons. The van der Waals surface area contributed by atoms with Gasteiger partial charge < -0.3 is 19.3 Å². The topological polar surface area (TPSA) is 93.2 Å². The number of benzene rings is 5. The van der Waals surface area contributed by atoms with Crippen molar-refractivity contribution >= 4 is 68.3 Å². The molecule has 0 fully saturated rings. The predicted octanol–water partition coefficient (Wildman–Crippen LogP) is 7.84. The van der Waals surface area contributed by atoms with Crippen LogP contribution in [0.25, 0.3) is 21.5 Å². The van der Waals surface area contributed by atoms with E-state index < -0.39 is 11.9 Å². The van der Waals surface area contributed by atoms with Gasteiger partial charge in [0.2, 0.25) is 11.8 Å². The highest BCUT2D eigenvalue weighted by Crippen LogP contribution is 2.47. The first-order valence-corrected chi connectivity index (χ1v) is 17.4. The lowest BCUT2D eigenvalue weighted by molar-refractivity contribution is -0.132. The number of hydrogen-bond acceptors (Lipinski definition) is 6. The summed E-state index contributed by atoms with van der Waals surface area (Å²) in [4.78, 5) is 55.4. The first kappa shape index (κ1) is 33.3. The predicted molar refractivity (Wildman–Crippen MR) is 196 cm³/mol. The molecule has 2 amide bonds. The van der Waals surface area contributed by atoms with E-state index in [9.17, 15) is 19.2 Å². The Morgan fingerprint density at radius 2 is 1.08 bits per heavy atom. The molecule has 0 bridgehead atoms. The van der Waals surface area contributed by atoms with Gasteiger partial charge in [-0.1, -0.05) is 79.7 Å². The summed E-state index contributed by atoms with van der Waals surface area (Å²) in [5, 5.41) is 3.53. The van der Waals surface area contributed by atoms with Crippen LogP contribution in [0.4, 0.5) is 11.4 Å². The molecule has 0 saturated carbocycles. The second-order valence-electron chi connectivity index (χ2n) is 13.0. The minimum Gasteiger partial charge on any atom is -0.426 e. The SMILES string of the molecule is CCC1CN(C(=O)Cc2cccc(CC(=O)N3CC(CCl)c4c3cc(OC(C)=O)c3ccccc43)c2)c2cc(OC(C)=O)c3ccccc3c21. The lowest BCUT2D eigenvalue weighted by atomic mass is 9.93. The van der Waals surface area contributed by atoms with E-state index in [1.54, 1.807) is 15.9 Å². The Labute approximate surface area is 295 Å². The van der Waals surface area contributed by atoms with Crippen molar-refractivity contribution in [2.75, 3.05) is 28.8 Å². The number of anilines is 2. The highest BCUT2D eigenvalue weighted by atomic mass is 35.5. The lowest BCUT2D eigenvalue weighted by Gasteiger charge is -2.20. The summed E-state index contributed by atoms with van der Waals surface area (Å²) in [6.07, 6.45) is 1.12. The summed E-state index contributed by atoms with van der Waals surface area (Å²) >= 11 is 6.44. The Morgan fingerprint density at radius 3 is 1.52 bits per heavy atom. The minimum absolute atomic E-state index is 0.0713. The molecule has 5 aromatic carbocycles. The van der Waals surface area contributed by atoms with Gasteiger partial charge in [0.05, 0.1) is 24.2 Å². The number of halogens is 1. The van der Waals surface area contributed by atoms with Crippen molar-refractivity contribution in [2.24, 2.45) is 0 Å². The Morgan fingerprint density at radius 1 is 0.640 bits per heavy atom. The van der Waals surface area contributed by atoms with E-state index in [-0.39, 0.29) is 36.5 Å². The van der Waals surface area contributed by atoms with Gasteiger partial charge in [-0.2, -0.15) is 0 Å². The molecule has 2 heterocycles. The van der Waals surface area contributed by atoms with Crippen LogP contribution in [0.1, 0.15) is 61.3 Å². The van der Waals surface area contributed by atoms with Crippen LogP contribution >= 0.6 is 11.6 Å². The zero-order chi connectivity index (χ0) is 35.1. The molecule has 0 N–H and O–H groups in total. The van der Waals surface area contributed by atoms with Gasteiger partial charge in [-0.15, -0.1) is 11.6 Å². The molecule has 2 aliphatic heterocycles. The number of fused-ring (bicyclic) bond motifs is 6. The van der Waals surface area contributed by atoms with Crippen molar-refractivity contribution in [1.29, 1.82) is 0 Å². The molecule has 50 heavy (non-hydrogen) atoms. The number of rotatable bonds is 8. The Bertz CT molecular complexity index is 2050. The first-order valence-electron chi connectivity index (χ1n) is 16.9. The third kappa shape index (κ3) is 6.09. The van der Waals surface area contributed by atoms with E-state index >= 15 is 0 Å². The molecule has 254 valence electrons. The van der Waals surface area contributed by atoms with Crippen LogP contribution < -0.4 is 19.3 Å². The maximum absolute atomic E-state index is 14.0. The molecule has 2 aliphatic rings. The fourth-order valence-corrected chi connectivity index (χ4v) is 7.88. The quantitative estimate of drug-likeness (QED) is 0.0937. The van der Waals surface area contributed by atoms with Crippen LogP contribution in [-0.4, -0.2) is 42.7 Å². The van der Waals surface area contributed by atoms with Gasteiger partial charge >= 0.3 is 11.9 Å². The average molecular weight is 689 g/mol. The van der Waals surface area contributed by atoms with E-state index in [1.165, 1.54) is 13.8 Å². The largest absolute Gasteiger partial charge is 0.426 e. The summed E-state index contributed by atoms with van der Waals surface area (Å²) in [6.45, 7) is 5.80. The van der Waals surface area contributed by atoms with Crippen molar-refractivity contribution in [1.82, 2.24) is 0 Å². The maximum atomic E-state index is 14.0. The van der Waals surface area contributed by atoms with Crippen molar-refractivity contribution in [3.63, 3.8) is 0 Å². The number of carbonyl (C=O) groups excluding carboxylic acids is 4. The molecule has 0 aromatic heterocycles. The summed E-state index contributed by atoms with van der Waals surface area (Å²) in [6, 6.07) is 26.7. The molecule has 0 saturated heterocycles. The number of hydrogen-bond donors (Lipinski definition) is 0. The first-order chi connectivity index (χ1) is 24.2. The molecule has 7 rings (SSSR count). The number of amides is 2. The van der Waals surface area contributed by atoms with E-state index in [4.69, 9.17) is 21.1 Å². The third-order valence-electron chi connectivity index (χ3n) is 9.75. The number of carbonyl (C=O) groups is 4. The third-order valence-corrected chi connectivity index (χ3v) is 10.1. The molecule has 0 aliphatic carbocycles. The zero-order valence-corrected chi connectivity index (χ0v) is 29.0. The van der Waals surface area contributed by atoms with Gasteiger partial charge in [-0.3, -0.25) is 19.2 Å². The Kier molecular flexibility index (Phi) is 9.05. The normalized spacial score (nSPS) is 16.4. The summed E-state index contributed by atoms with van der Waals surface area (Å²) in [5.74, 6) is 0.204. The second-order valence-corrected chi connectivity index (χ2v) is 13.3. The molecular weight excluding hydrogens is 652 g/mol. The van der Waals surface area contributed by atoms with Crippen LogP contribution in [0.15, 0.2) is 84.9 Å². The van der Waals surface area contributed by atoms with Crippen molar-refractivity contribution in [3.05, 3.63) is 107 Å². The average Bonchev–Trinajstić information content (AvgIpc) is 3.67. The molecule has 9 heteroatoms. The van der Waals surface area contributed by atoms with Crippen molar-refractivity contribution in [2.45, 2.75) is 51.9 Å². The molecular formula is C41H37ClN2O6. The van der Waals surface area contributed by atoms with Gasteiger partial charge in [0.1, 0.15) is 11.5 Å². The van der Waals surface area contributed by atoms with Crippen LogP contribution in [-0.2, 0) is 32.0 Å². The maximum Gasteiger partial charge on any atom is 0.308 e. The van der Waals surface area contributed by atoms with Crippen molar-refractivity contribution < 1.29 is 28.7 Å². The van der Waals surface area contributed by atoms with E-state index in [0.29, 0.717) is 36.2 Å². The van der Waals surface area contributed by atoms with Crippen LogP contribution in [0, 0.1) is 0 Å². The number of ether oxygens (including phenoxy) is 2. The summed E-state index contributed by atoms with van der Waals surface area (Å²) in [5.41, 5.74) is 5.11. The van der Waals surface area contributed by atoms with Gasteiger partial charge in [0.25, 0.3) is 0 Å². The van der Waals surface area contributed by atoms with Crippen molar-refractivity contribution in [3.8, 4) is 11.5 Å². The van der Waals surface area contributed by atoms with Crippen LogP contribution in [0.3, 0.4) is 0 Å². The molecule has 2 unspecified atom stereocenters. The lowest BCUT2D eigenvalue weighted by Crippen LogP contribution is -2.32. The van der Waals surface area contributed by atoms with Gasteiger partial charge in [-0.05, 0) is 39.4 Å². The monoisotopic (exact) mass is 688 g/mol. The summed E-state index contributed by atoms with van der Waals surface area (Å²) in [7, 11) is 0. The molecule has 8 nitrogen and oxygen atoms in total. The van der Waals surface area contributed by atoms with Gasteiger partial charge in [-0.25, -0.2) is 0 Å². The van der Waals surface area contributed by atoms with E-state index in [2.05, 4.69) is 6.92 Å². The van der Waals surface area contributed by atoms with Crippen LogP contribution in [0.2, 0.25) is 0 Å². The smallest absolute Gasteiger partial charge is 0.308 e. The second kappa shape index (κ2) is 13.6.